The van der Waals surface area contributed by atoms with Gasteiger partial charge in [0.25, 0.3) is 0 Å². The van der Waals surface area contributed by atoms with Gasteiger partial charge in [-0.1, -0.05) is 84.1 Å². The zero-order chi connectivity index (χ0) is 20.6. The molecule has 0 aliphatic carbocycles. The summed E-state index contributed by atoms with van der Waals surface area (Å²) in [5.74, 6) is -0.379. The highest BCUT2D eigenvalue weighted by Gasteiger charge is 2.25. The van der Waals surface area contributed by atoms with Gasteiger partial charge in [0.1, 0.15) is 6.10 Å². The van der Waals surface area contributed by atoms with E-state index in [1.54, 1.807) is 6.92 Å². The molecule has 1 rings (SSSR count). The molecule has 28 heavy (non-hydrogen) atoms. The molecule has 1 aliphatic rings. The van der Waals surface area contributed by atoms with Gasteiger partial charge in [-0.05, 0) is 19.8 Å². The molecule has 0 radical (unpaired) electrons. The first-order chi connectivity index (χ1) is 13.5. The molecular formula is C23H41NO4. The lowest BCUT2D eigenvalue weighted by atomic mass is 10.0. The fourth-order valence-electron chi connectivity index (χ4n) is 3.53. The maximum atomic E-state index is 11.9. The van der Waals surface area contributed by atoms with Gasteiger partial charge in [0, 0.05) is 18.5 Å². The molecule has 0 saturated carbocycles. The highest BCUT2D eigenvalue weighted by Crippen LogP contribution is 2.17. The summed E-state index contributed by atoms with van der Waals surface area (Å²) in [6.07, 6.45) is 16.2. The first-order valence-electron chi connectivity index (χ1n) is 11.4. The van der Waals surface area contributed by atoms with Crippen LogP contribution in [0.4, 0.5) is 0 Å². The average Bonchev–Trinajstić information content (AvgIpc) is 3.08. The van der Waals surface area contributed by atoms with E-state index < -0.39 is 5.97 Å². The van der Waals surface area contributed by atoms with E-state index in [1.807, 2.05) is 4.90 Å². The Bertz CT molecular complexity index is 464. The molecule has 1 amide bonds. The van der Waals surface area contributed by atoms with Crippen LogP contribution in [-0.2, 0) is 19.4 Å². The van der Waals surface area contributed by atoms with Crippen molar-refractivity contribution in [2.45, 2.75) is 110 Å². The van der Waals surface area contributed by atoms with Crippen LogP contribution in [0.3, 0.4) is 0 Å². The summed E-state index contributed by atoms with van der Waals surface area (Å²) >= 11 is 0. The zero-order valence-corrected chi connectivity index (χ0v) is 18.2. The molecule has 0 aromatic rings. The molecule has 0 bridgehead atoms. The fraction of sp³-hybridized carbons (Fsp3) is 0.826. The number of hydrogen-bond acceptors (Lipinski definition) is 4. The minimum Gasteiger partial charge on any atom is -0.340 e. The summed E-state index contributed by atoms with van der Waals surface area (Å²) in [5.41, 5.74) is 0.311. The maximum absolute atomic E-state index is 11.9. The van der Waals surface area contributed by atoms with Gasteiger partial charge < -0.3 is 4.90 Å². The summed E-state index contributed by atoms with van der Waals surface area (Å²) in [6, 6.07) is 0. The third-order valence-electron chi connectivity index (χ3n) is 5.33. The number of nitrogens with zero attached hydrogens (tertiary/aromatic N) is 1. The van der Waals surface area contributed by atoms with Gasteiger partial charge in [0.15, 0.2) is 0 Å². The number of hydrogen-bond donors (Lipinski definition) is 0. The van der Waals surface area contributed by atoms with Gasteiger partial charge in [0.2, 0.25) is 5.91 Å². The molecule has 1 unspecified atom stereocenters. The predicted octanol–water partition coefficient (Wildman–Crippen LogP) is 5.73. The van der Waals surface area contributed by atoms with Crippen molar-refractivity contribution in [2.75, 3.05) is 13.1 Å². The highest BCUT2D eigenvalue weighted by molar-refractivity contribution is 5.86. The van der Waals surface area contributed by atoms with Crippen molar-refractivity contribution in [3.05, 3.63) is 12.2 Å². The summed E-state index contributed by atoms with van der Waals surface area (Å²) in [5, 5.41) is 0. The molecule has 0 aromatic carbocycles. The molecule has 1 heterocycles. The van der Waals surface area contributed by atoms with Gasteiger partial charge in [0.05, 0.1) is 6.54 Å². The monoisotopic (exact) mass is 395 g/mol. The third kappa shape index (κ3) is 11.5. The van der Waals surface area contributed by atoms with Crippen LogP contribution in [-0.4, -0.2) is 36.0 Å². The second-order valence-electron chi connectivity index (χ2n) is 8.14. The first-order valence-corrected chi connectivity index (χ1v) is 11.4. The Labute approximate surface area is 171 Å². The van der Waals surface area contributed by atoms with Crippen LogP contribution in [0.1, 0.15) is 104 Å². The molecule has 1 saturated heterocycles. The largest absolute Gasteiger partial charge is 0.368 e. The molecule has 0 N–H and O–H groups in total. The van der Waals surface area contributed by atoms with Gasteiger partial charge in [-0.2, -0.15) is 4.89 Å². The topological polar surface area (TPSA) is 55.8 Å². The number of amides is 1. The van der Waals surface area contributed by atoms with E-state index in [2.05, 4.69) is 13.5 Å². The van der Waals surface area contributed by atoms with E-state index in [1.165, 1.54) is 57.8 Å². The smallest absolute Gasteiger partial charge is 0.340 e. The molecule has 1 fully saturated rings. The van der Waals surface area contributed by atoms with E-state index in [0.29, 0.717) is 18.5 Å². The number of carbonyl (C=O) groups excluding carboxylic acids is 2. The molecule has 162 valence electrons. The number of unbranched alkanes of at least 4 members (excludes halogenated alkanes) is 10. The average molecular weight is 396 g/mol. The van der Waals surface area contributed by atoms with E-state index in [-0.39, 0.29) is 12.0 Å². The third-order valence-corrected chi connectivity index (χ3v) is 5.33. The van der Waals surface area contributed by atoms with Crippen LogP contribution in [0, 0.1) is 0 Å². The van der Waals surface area contributed by atoms with Crippen LogP contribution in [0.5, 0.6) is 0 Å². The molecule has 1 atom stereocenters. The molecular weight excluding hydrogens is 354 g/mol. The van der Waals surface area contributed by atoms with Gasteiger partial charge >= 0.3 is 5.97 Å². The summed E-state index contributed by atoms with van der Waals surface area (Å²) < 4.78 is 0. The van der Waals surface area contributed by atoms with Crippen molar-refractivity contribution < 1.29 is 19.4 Å². The van der Waals surface area contributed by atoms with Gasteiger partial charge in [-0.25, -0.2) is 4.79 Å². The van der Waals surface area contributed by atoms with Gasteiger partial charge in [-0.3, -0.25) is 9.68 Å². The van der Waals surface area contributed by atoms with Crippen molar-refractivity contribution in [3.63, 3.8) is 0 Å². The van der Waals surface area contributed by atoms with Crippen molar-refractivity contribution in [1.82, 2.24) is 4.90 Å². The van der Waals surface area contributed by atoms with Crippen molar-refractivity contribution in [2.24, 2.45) is 0 Å². The summed E-state index contributed by atoms with van der Waals surface area (Å²) in [6.45, 7) is 8.68. The molecule has 0 spiro atoms. The maximum Gasteiger partial charge on any atom is 0.368 e. The number of likely N-dealkylation sites (tertiary alicyclic amines) is 1. The second-order valence-corrected chi connectivity index (χ2v) is 8.14. The minimum atomic E-state index is -0.545. The lowest BCUT2D eigenvalue weighted by molar-refractivity contribution is -0.297. The Morgan fingerprint density at radius 1 is 1.04 bits per heavy atom. The van der Waals surface area contributed by atoms with Gasteiger partial charge in [-0.15, -0.1) is 0 Å². The standard InChI is InChI=1S/C23H41NO4/c1-4-5-6-7-8-9-10-11-12-13-14-16-21(27-28-23(26)20(2)3)19-24-18-15-17-22(24)25/h21H,2,4-19H2,1,3H3. The summed E-state index contributed by atoms with van der Waals surface area (Å²) in [7, 11) is 0. The van der Waals surface area contributed by atoms with Crippen molar-refractivity contribution in [1.29, 1.82) is 0 Å². The normalized spacial score (nSPS) is 15.1. The van der Waals surface area contributed by atoms with Crippen LogP contribution >= 0.6 is 0 Å². The van der Waals surface area contributed by atoms with Crippen LogP contribution < -0.4 is 0 Å². The van der Waals surface area contributed by atoms with Crippen molar-refractivity contribution in [3.8, 4) is 0 Å². The number of rotatable bonds is 17. The van der Waals surface area contributed by atoms with Crippen LogP contribution in [0.15, 0.2) is 12.2 Å². The second kappa shape index (κ2) is 15.5. The molecule has 5 heteroatoms. The van der Waals surface area contributed by atoms with Crippen LogP contribution in [0.25, 0.3) is 0 Å². The zero-order valence-electron chi connectivity index (χ0n) is 18.2. The Kier molecular flexibility index (Phi) is 13.7. The lowest BCUT2D eigenvalue weighted by Crippen LogP contribution is -2.35. The number of carbonyl (C=O) groups is 2. The quantitative estimate of drug-likeness (QED) is 0.137. The Hall–Kier alpha value is -1.36. The van der Waals surface area contributed by atoms with E-state index in [0.717, 1.165) is 32.2 Å². The first kappa shape index (κ1) is 24.7. The molecule has 0 aromatic heterocycles. The molecule has 1 aliphatic heterocycles. The minimum absolute atomic E-state index is 0.166. The fourth-order valence-corrected chi connectivity index (χ4v) is 3.53. The lowest BCUT2D eigenvalue weighted by Gasteiger charge is -2.22. The predicted molar refractivity (Wildman–Crippen MR) is 113 cm³/mol. The highest BCUT2D eigenvalue weighted by atomic mass is 17.2. The van der Waals surface area contributed by atoms with Crippen molar-refractivity contribution >= 4 is 11.9 Å². The van der Waals surface area contributed by atoms with Crippen LogP contribution in [0.2, 0.25) is 0 Å². The summed E-state index contributed by atoms with van der Waals surface area (Å²) in [4.78, 5) is 35.5. The Morgan fingerprint density at radius 2 is 1.61 bits per heavy atom. The van der Waals surface area contributed by atoms with E-state index >= 15 is 0 Å². The van der Waals surface area contributed by atoms with E-state index in [4.69, 9.17) is 9.78 Å². The molecule has 5 nitrogen and oxygen atoms in total. The van der Waals surface area contributed by atoms with E-state index in [9.17, 15) is 9.59 Å². The Balaban J connectivity index is 2.17. The Morgan fingerprint density at radius 3 is 2.11 bits per heavy atom. The SMILES string of the molecule is C=C(C)C(=O)OOC(CCCCCCCCCCCCC)CN1CCCC1=O.